The first-order valence-electron chi connectivity index (χ1n) is 3.76. The van der Waals surface area contributed by atoms with Crippen molar-refractivity contribution in [1.29, 1.82) is 0 Å². The van der Waals surface area contributed by atoms with Gasteiger partial charge in [0.05, 0.1) is 0 Å². The van der Waals surface area contributed by atoms with Crippen LogP contribution in [0.15, 0.2) is 17.6 Å². The molecule has 12 heavy (non-hydrogen) atoms. The Morgan fingerprint density at radius 3 is 3.00 bits per heavy atom. The second-order valence-electron chi connectivity index (χ2n) is 2.84. The number of aryl methyl sites for hydroxylation is 1. The Morgan fingerprint density at radius 1 is 1.58 bits per heavy atom. The largest absolute Gasteiger partial charge is 0.278 e. The smallest absolute Gasteiger partial charge is 0.228 e. The zero-order chi connectivity index (χ0) is 8.72. The highest BCUT2D eigenvalue weighted by Crippen LogP contribution is 2.25. The molecule has 0 saturated heterocycles. The van der Waals surface area contributed by atoms with E-state index in [-0.39, 0.29) is 5.91 Å². The second-order valence-corrected chi connectivity index (χ2v) is 3.74. The summed E-state index contributed by atoms with van der Waals surface area (Å²) in [7, 11) is 0. The molecule has 2 aromatic rings. The zero-order valence-corrected chi connectivity index (χ0v) is 7.81. The van der Waals surface area contributed by atoms with Gasteiger partial charge in [0.1, 0.15) is 4.83 Å². The fourth-order valence-electron chi connectivity index (χ4n) is 1.34. The molecule has 2 aromatic heterocycles. The molecule has 3 heteroatoms. The normalized spacial score (nSPS) is 10.8. The third-order valence-electron chi connectivity index (χ3n) is 1.95. The Morgan fingerprint density at radius 2 is 2.33 bits per heavy atom. The Kier molecular flexibility index (Phi) is 1.54. The summed E-state index contributed by atoms with van der Waals surface area (Å²) in [6.45, 7) is 3.60. The van der Waals surface area contributed by atoms with Gasteiger partial charge in [0.25, 0.3) is 0 Å². The first-order chi connectivity index (χ1) is 5.70. The van der Waals surface area contributed by atoms with Crippen molar-refractivity contribution >= 4 is 27.5 Å². The minimum atomic E-state index is 0.0792. The van der Waals surface area contributed by atoms with Crippen LogP contribution in [0.1, 0.15) is 17.3 Å². The van der Waals surface area contributed by atoms with E-state index in [1.807, 2.05) is 18.5 Å². The maximum absolute atomic E-state index is 11.1. The van der Waals surface area contributed by atoms with Gasteiger partial charge in [-0.25, -0.2) is 0 Å². The van der Waals surface area contributed by atoms with Crippen molar-refractivity contribution in [3.05, 3.63) is 23.2 Å². The number of carbonyl (C=O) groups is 1. The summed E-state index contributed by atoms with van der Waals surface area (Å²) in [5.74, 6) is 0.0792. The highest BCUT2D eigenvalue weighted by atomic mass is 32.1. The van der Waals surface area contributed by atoms with Crippen molar-refractivity contribution in [2.24, 2.45) is 0 Å². The fourth-order valence-corrected chi connectivity index (χ4v) is 2.33. The van der Waals surface area contributed by atoms with Gasteiger partial charge in [0.2, 0.25) is 5.91 Å². The molecule has 0 aliphatic rings. The number of fused-ring (bicyclic) bond motifs is 1. The molecular formula is C9H9NOS. The van der Waals surface area contributed by atoms with E-state index in [0.717, 1.165) is 4.83 Å². The van der Waals surface area contributed by atoms with E-state index in [1.165, 1.54) is 10.9 Å². The van der Waals surface area contributed by atoms with Crippen molar-refractivity contribution in [3.8, 4) is 0 Å². The molecule has 2 heterocycles. The lowest BCUT2D eigenvalue weighted by molar-refractivity contribution is 0.0942. The lowest BCUT2D eigenvalue weighted by Crippen LogP contribution is -2.01. The molecule has 0 amide bonds. The zero-order valence-electron chi connectivity index (χ0n) is 7.00. The molecule has 0 saturated carbocycles. The summed E-state index contributed by atoms with van der Waals surface area (Å²) in [5.41, 5.74) is 1.17. The van der Waals surface area contributed by atoms with Crippen LogP contribution in [-0.4, -0.2) is 10.5 Å². The minimum Gasteiger partial charge on any atom is -0.278 e. The van der Waals surface area contributed by atoms with Crippen LogP contribution < -0.4 is 0 Å². The molecule has 0 aliphatic carbocycles. The molecule has 0 unspecified atom stereocenters. The van der Waals surface area contributed by atoms with Gasteiger partial charge in [-0.1, -0.05) is 0 Å². The average Bonchev–Trinajstić information content (AvgIpc) is 2.53. The second kappa shape index (κ2) is 2.45. The van der Waals surface area contributed by atoms with Crippen LogP contribution in [0.5, 0.6) is 0 Å². The van der Waals surface area contributed by atoms with Gasteiger partial charge in [-0.2, -0.15) is 0 Å². The molecule has 0 radical (unpaired) electrons. The first kappa shape index (κ1) is 7.55. The van der Waals surface area contributed by atoms with Crippen LogP contribution in [0.2, 0.25) is 0 Å². The number of rotatable bonds is 0. The molecular weight excluding hydrogens is 170 g/mol. The lowest BCUT2D eigenvalue weighted by Gasteiger charge is -1.93. The molecule has 0 fully saturated rings. The van der Waals surface area contributed by atoms with E-state index >= 15 is 0 Å². The quantitative estimate of drug-likeness (QED) is 0.609. The number of thiophene rings is 1. The van der Waals surface area contributed by atoms with Gasteiger partial charge in [-0.3, -0.25) is 9.36 Å². The SMILES string of the molecule is CC(=O)n1cc(C)c2ccsc21. The van der Waals surface area contributed by atoms with Crippen LogP contribution in [0, 0.1) is 6.92 Å². The molecule has 0 N–H and O–H groups in total. The maximum Gasteiger partial charge on any atom is 0.228 e. The van der Waals surface area contributed by atoms with E-state index < -0.39 is 0 Å². The number of carbonyl (C=O) groups excluding carboxylic acids is 1. The van der Waals surface area contributed by atoms with Crippen molar-refractivity contribution in [1.82, 2.24) is 4.57 Å². The van der Waals surface area contributed by atoms with Gasteiger partial charge in [0, 0.05) is 18.5 Å². The number of hydrogen-bond acceptors (Lipinski definition) is 2. The Balaban J connectivity index is 2.83. The summed E-state index contributed by atoms with van der Waals surface area (Å²) in [6, 6.07) is 2.05. The van der Waals surface area contributed by atoms with E-state index in [2.05, 4.69) is 6.07 Å². The Bertz CT molecular complexity index is 438. The Labute approximate surface area is 74.4 Å². The van der Waals surface area contributed by atoms with E-state index in [9.17, 15) is 4.79 Å². The monoisotopic (exact) mass is 179 g/mol. The lowest BCUT2D eigenvalue weighted by atomic mass is 10.3. The predicted molar refractivity (Wildman–Crippen MR) is 50.9 cm³/mol. The highest BCUT2D eigenvalue weighted by molar-refractivity contribution is 7.17. The number of nitrogens with zero attached hydrogens (tertiary/aromatic N) is 1. The predicted octanol–water partition coefficient (Wildman–Crippen LogP) is 2.67. The van der Waals surface area contributed by atoms with Crippen molar-refractivity contribution < 1.29 is 4.79 Å². The third kappa shape index (κ3) is 0.898. The van der Waals surface area contributed by atoms with Crippen molar-refractivity contribution in [3.63, 3.8) is 0 Å². The van der Waals surface area contributed by atoms with Crippen molar-refractivity contribution in [2.75, 3.05) is 0 Å². The third-order valence-corrected chi connectivity index (χ3v) is 2.86. The van der Waals surface area contributed by atoms with Crippen LogP contribution >= 0.6 is 11.3 Å². The first-order valence-corrected chi connectivity index (χ1v) is 4.64. The number of aromatic nitrogens is 1. The van der Waals surface area contributed by atoms with E-state index in [4.69, 9.17) is 0 Å². The summed E-state index contributed by atoms with van der Waals surface area (Å²) in [6.07, 6.45) is 1.89. The molecule has 0 aliphatic heterocycles. The maximum atomic E-state index is 11.1. The summed E-state index contributed by atoms with van der Waals surface area (Å²) in [5, 5.41) is 3.20. The summed E-state index contributed by atoms with van der Waals surface area (Å²) < 4.78 is 1.70. The van der Waals surface area contributed by atoms with E-state index in [1.54, 1.807) is 22.8 Å². The summed E-state index contributed by atoms with van der Waals surface area (Å²) in [4.78, 5) is 12.2. The van der Waals surface area contributed by atoms with Gasteiger partial charge in [0.15, 0.2) is 0 Å². The molecule has 62 valence electrons. The number of hydrogen-bond donors (Lipinski definition) is 0. The molecule has 0 spiro atoms. The summed E-state index contributed by atoms with van der Waals surface area (Å²) >= 11 is 1.61. The van der Waals surface area contributed by atoms with Gasteiger partial charge in [-0.05, 0) is 23.9 Å². The molecule has 2 rings (SSSR count). The van der Waals surface area contributed by atoms with Crippen LogP contribution in [0.4, 0.5) is 0 Å². The standard InChI is InChI=1S/C9H9NOS/c1-6-5-10(7(2)11)9-8(6)3-4-12-9/h3-5H,1-2H3. The van der Waals surface area contributed by atoms with Crippen molar-refractivity contribution in [2.45, 2.75) is 13.8 Å². The van der Waals surface area contributed by atoms with Crippen LogP contribution in [-0.2, 0) is 0 Å². The van der Waals surface area contributed by atoms with Crippen LogP contribution in [0.3, 0.4) is 0 Å². The molecule has 0 atom stereocenters. The minimum absolute atomic E-state index is 0.0792. The molecule has 2 nitrogen and oxygen atoms in total. The highest BCUT2D eigenvalue weighted by Gasteiger charge is 2.08. The van der Waals surface area contributed by atoms with Gasteiger partial charge < -0.3 is 0 Å². The van der Waals surface area contributed by atoms with Crippen LogP contribution in [0.25, 0.3) is 10.2 Å². The van der Waals surface area contributed by atoms with Gasteiger partial charge >= 0.3 is 0 Å². The molecule has 0 aromatic carbocycles. The van der Waals surface area contributed by atoms with E-state index in [0.29, 0.717) is 0 Å². The fraction of sp³-hybridized carbons (Fsp3) is 0.222. The van der Waals surface area contributed by atoms with Gasteiger partial charge in [-0.15, -0.1) is 11.3 Å². The topological polar surface area (TPSA) is 22.0 Å². The Hall–Kier alpha value is -1.09. The average molecular weight is 179 g/mol. The molecule has 0 bridgehead atoms.